The van der Waals surface area contributed by atoms with Crippen molar-refractivity contribution >= 4 is 0 Å². The summed E-state index contributed by atoms with van der Waals surface area (Å²) in [6.45, 7) is 4.59. The highest BCUT2D eigenvalue weighted by Crippen LogP contribution is 2.70. The van der Waals surface area contributed by atoms with Gasteiger partial charge in [-0.1, -0.05) is 25.0 Å². The molecule has 0 bridgehead atoms. The van der Waals surface area contributed by atoms with Crippen molar-refractivity contribution < 1.29 is 0 Å². The Labute approximate surface area is 37.9 Å². The van der Waals surface area contributed by atoms with Crippen LogP contribution in [0, 0.1) is 5.41 Å². The Bertz CT molecular complexity index is 124. The van der Waals surface area contributed by atoms with Crippen LogP contribution in [0.1, 0.15) is 20.3 Å². The molecule has 2 aliphatic carbocycles. The Morgan fingerprint density at radius 3 is 1.67 bits per heavy atom. The average Bonchev–Trinajstić information content (AvgIpc) is 2.13. The number of rotatable bonds is 0. The maximum atomic E-state index is 2.29. The highest BCUT2D eigenvalue weighted by Gasteiger charge is 2.56. The maximum absolute atomic E-state index is 2.29. The molecule has 0 unspecified atom stereocenters. The molecule has 0 amide bonds. The molecule has 0 fully saturated rings. The first-order chi connectivity index (χ1) is 2.73. The number of hydrogen-bond acceptors (Lipinski definition) is 0. The first-order valence-electron chi connectivity index (χ1n) is 2.46. The molecule has 2 aliphatic rings. The Morgan fingerprint density at radius 2 is 1.67 bits per heavy atom. The molecule has 0 saturated heterocycles. The van der Waals surface area contributed by atoms with Crippen molar-refractivity contribution in [2.45, 2.75) is 20.3 Å². The van der Waals surface area contributed by atoms with Crippen LogP contribution in [0.4, 0.5) is 0 Å². The van der Waals surface area contributed by atoms with Crippen LogP contribution in [0.5, 0.6) is 0 Å². The van der Waals surface area contributed by atoms with Gasteiger partial charge < -0.3 is 0 Å². The zero-order valence-corrected chi connectivity index (χ0v) is 4.21. The average molecular weight is 80.1 g/mol. The third-order valence-corrected chi connectivity index (χ3v) is 2.04. The summed E-state index contributed by atoms with van der Waals surface area (Å²) in [7, 11) is 0. The van der Waals surface area contributed by atoms with Gasteiger partial charge in [-0.25, -0.2) is 0 Å². The van der Waals surface area contributed by atoms with Gasteiger partial charge in [-0.3, -0.25) is 0 Å². The largest absolute Gasteiger partial charge is 0.0560 e. The predicted molar refractivity (Wildman–Crippen MR) is 25.4 cm³/mol. The van der Waals surface area contributed by atoms with Gasteiger partial charge >= 0.3 is 0 Å². The second kappa shape index (κ2) is 0.408. The molecule has 0 N–H and O–H groups in total. The molecule has 2 rings (SSSR count). The summed E-state index contributed by atoms with van der Waals surface area (Å²) in [5, 5.41) is 0. The molecule has 0 aliphatic heterocycles. The van der Waals surface area contributed by atoms with Crippen molar-refractivity contribution in [2.75, 3.05) is 0 Å². The van der Waals surface area contributed by atoms with Gasteiger partial charge in [0.1, 0.15) is 0 Å². The normalized spacial score (nSPS) is 33.0. The van der Waals surface area contributed by atoms with Gasteiger partial charge in [0.25, 0.3) is 0 Å². The second-order valence-corrected chi connectivity index (χ2v) is 2.76. The van der Waals surface area contributed by atoms with Gasteiger partial charge in [-0.2, -0.15) is 0 Å². The minimum absolute atomic E-state index is 0.639. The summed E-state index contributed by atoms with van der Waals surface area (Å²) >= 11 is 0. The van der Waals surface area contributed by atoms with Crippen LogP contribution in [0.3, 0.4) is 0 Å². The lowest BCUT2D eigenvalue weighted by atomic mass is 9.94. The molecule has 32 valence electrons. The van der Waals surface area contributed by atoms with Crippen LogP contribution < -0.4 is 0 Å². The van der Waals surface area contributed by atoms with Crippen molar-refractivity contribution in [3.63, 3.8) is 0 Å². The van der Waals surface area contributed by atoms with Gasteiger partial charge in [0, 0.05) is 5.41 Å². The van der Waals surface area contributed by atoms with E-state index in [1.54, 1.807) is 11.1 Å². The van der Waals surface area contributed by atoms with Crippen molar-refractivity contribution in [2.24, 2.45) is 5.41 Å². The fourth-order valence-electron chi connectivity index (χ4n) is 1.10. The minimum Gasteiger partial charge on any atom is -0.0560 e. The standard InChI is InChI=1S/C6H8/c1-6(2)4-3-5(4)6/h3H2,1-2H3. The Balaban J connectivity index is 2.29. The lowest BCUT2D eigenvalue weighted by Gasteiger charge is -2.09. The first-order valence-corrected chi connectivity index (χ1v) is 2.46. The smallest absolute Gasteiger partial charge is 0.00766 e. The first kappa shape index (κ1) is 2.84. The Hall–Kier alpha value is -0.260. The SMILES string of the molecule is CC1(C)C2=C1C2. The van der Waals surface area contributed by atoms with Crippen LogP contribution in [-0.4, -0.2) is 0 Å². The van der Waals surface area contributed by atoms with Crippen molar-refractivity contribution in [3.05, 3.63) is 11.1 Å². The monoisotopic (exact) mass is 80.1 g/mol. The van der Waals surface area contributed by atoms with Gasteiger partial charge in [0.15, 0.2) is 0 Å². The van der Waals surface area contributed by atoms with Crippen LogP contribution in [0.25, 0.3) is 0 Å². The van der Waals surface area contributed by atoms with E-state index >= 15 is 0 Å². The summed E-state index contributed by atoms with van der Waals surface area (Å²) in [5.74, 6) is 0. The van der Waals surface area contributed by atoms with E-state index in [9.17, 15) is 0 Å². The fourth-order valence-corrected chi connectivity index (χ4v) is 1.10. The molecule has 0 radical (unpaired) electrons. The van der Waals surface area contributed by atoms with E-state index in [2.05, 4.69) is 13.8 Å². The summed E-state index contributed by atoms with van der Waals surface area (Å²) < 4.78 is 0. The summed E-state index contributed by atoms with van der Waals surface area (Å²) in [6, 6.07) is 0. The van der Waals surface area contributed by atoms with E-state index in [1.165, 1.54) is 6.42 Å². The van der Waals surface area contributed by atoms with E-state index in [0.29, 0.717) is 5.41 Å². The predicted octanol–water partition coefficient (Wildman–Crippen LogP) is 1.73. The third kappa shape index (κ3) is 0.113. The molecule has 0 aromatic carbocycles. The van der Waals surface area contributed by atoms with E-state index in [0.717, 1.165) is 0 Å². The highest BCUT2D eigenvalue weighted by atomic mass is 14.6. The lowest BCUT2D eigenvalue weighted by Crippen LogP contribution is -1.99. The molecule has 6 heavy (non-hydrogen) atoms. The molecule has 0 heterocycles. The topological polar surface area (TPSA) is 0 Å². The Kier molecular flexibility index (Phi) is 0.193. The van der Waals surface area contributed by atoms with Gasteiger partial charge in [0.2, 0.25) is 0 Å². The van der Waals surface area contributed by atoms with Gasteiger partial charge in [0.05, 0.1) is 0 Å². The lowest BCUT2D eigenvalue weighted by molar-refractivity contribution is 0.603. The van der Waals surface area contributed by atoms with E-state index in [-0.39, 0.29) is 0 Å². The zero-order chi connectivity index (χ0) is 4.36. The van der Waals surface area contributed by atoms with Gasteiger partial charge in [-0.15, -0.1) is 0 Å². The molecule has 0 atom stereocenters. The molecule has 0 heteroatoms. The number of hydrogen-bond donors (Lipinski definition) is 0. The van der Waals surface area contributed by atoms with Crippen molar-refractivity contribution in [1.82, 2.24) is 0 Å². The molecule has 0 nitrogen and oxygen atoms in total. The summed E-state index contributed by atoms with van der Waals surface area (Å²) in [4.78, 5) is 0. The number of allylic oxidation sites excluding steroid dienone is 2. The summed E-state index contributed by atoms with van der Waals surface area (Å²) in [5.41, 5.74) is 4.12. The fraction of sp³-hybridized carbons (Fsp3) is 0.667. The third-order valence-electron chi connectivity index (χ3n) is 2.04. The zero-order valence-electron chi connectivity index (χ0n) is 4.21. The highest BCUT2D eigenvalue weighted by molar-refractivity contribution is 5.64. The summed E-state index contributed by atoms with van der Waals surface area (Å²) in [6.07, 6.45) is 1.38. The molecular formula is C6H8. The second-order valence-electron chi connectivity index (χ2n) is 2.76. The van der Waals surface area contributed by atoms with Crippen molar-refractivity contribution in [3.8, 4) is 0 Å². The van der Waals surface area contributed by atoms with Crippen LogP contribution in [0.2, 0.25) is 0 Å². The van der Waals surface area contributed by atoms with E-state index < -0.39 is 0 Å². The molecule has 0 saturated carbocycles. The van der Waals surface area contributed by atoms with Crippen LogP contribution in [-0.2, 0) is 0 Å². The maximum Gasteiger partial charge on any atom is 0.00766 e. The van der Waals surface area contributed by atoms with Gasteiger partial charge in [-0.05, 0) is 6.42 Å². The van der Waals surface area contributed by atoms with E-state index in [4.69, 9.17) is 0 Å². The molecule has 0 aromatic rings. The van der Waals surface area contributed by atoms with Crippen LogP contribution in [0.15, 0.2) is 11.1 Å². The quantitative estimate of drug-likeness (QED) is 0.389. The van der Waals surface area contributed by atoms with Crippen molar-refractivity contribution in [1.29, 1.82) is 0 Å². The molecule has 0 aromatic heterocycles. The van der Waals surface area contributed by atoms with E-state index in [1.807, 2.05) is 0 Å². The van der Waals surface area contributed by atoms with Crippen LogP contribution >= 0.6 is 0 Å². The Morgan fingerprint density at radius 1 is 1.33 bits per heavy atom. The molecule has 0 spiro atoms. The molecular weight excluding hydrogens is 72.1 g/mol. The minimum atomic E-state index is 0.639.